The van der Waals surface area contributed by atoms with Crippen molar-refractivity contribution >= 4 is 18.1 Å². The fraction of sp³-hybridized carbons (Fsp3) is 0.333. The maximum Gasteiger partial charge on any atom is 0.289 e. The number of rotatable bonds is 3. The van der Waals surface area contributed by atoms with Crippen LogP contribution >= 0.6 is 12.4 Å². The molecule has 0 aliphatic carbocycles. The third kappa shape index (κ3) is 3.15. The van der Waals surface area contributed by atoms with E-state index in [0.29, 0.717) is 6.07 Å². The first-order valence-corrected chi connectivity index (χ1v) is 4.31. The van der Waals surface area contributed by atoms with Crippen molar-refractivity contribution in [3.63, 3.8) is 0 Å². The quantitative estimate of drug-likeness (QED) is 0.491. The van der Waals surface area contributed by atoms with Gasteiger partial charge in [-0.1, -0.05) is 0 Å². The molecular weight excluding hydrogens is 261 g/mol. The molecular formula is C9H12ClF3N2O2. The number of aliphatic hydroxyl groups excluding tert-OH is 1. The van der Waals surface area contributed by atoms with Gasteiger partial charge in [-0.25, -0.2) is 13.2 Å². The molecule has 1 rings (SSSR count). The summed E-state index contributed by atoms with van der Waals surface area (Å²) in [5, 5.41) is 17.8. The number of hydrogen-bond acceptors (Lipinski definition) is 4. The number of benzene rings is 1. The highest BCUT2D eigenvalue weighted by Crippen LogP contribution is 2.37. The molecule has 4 nitrogen and oxygen atoms in total. The van der Waals surface area contributed by atoms with Gasteiger partial charge in [-0.2, -0.15) is 0 Å². The highest BCUT2D eigenvalue weighted by molar-refractivity contribution is 5.85. The molecule has 6 N–H and O–H groups in total. The smallest absolute Gasteiger partial charge is 0.289 e. The van der Waals surface area contributed by atoms with Gasteiger partial charge in [-0.05, 0) is 6.07 Å². The summed E-state index contributed by atoms with van der Waals surface area (Å²) in [6.07, 6.45) is 0. The molecule has 0 saturated heterocycles. The largest absolute Gasteiger partial charge is 0.505 e. The second kappa shape index (κ2) is 5.44. The number of halogens is 4. The summed E-state index contributed by atoms with van der Waals surface area (Å²) in [7, 11) is 0. The molecule has 0 unspecified atom stereocenters. The van der Waals surface area contributed by atoms with Gasteiger partial charge in [0.1, 0.15) is 24.2 Å². The Morgan fingerprint density at radius 1 is 1.35 bits per heavy atom. The van der Waals surface area contributed by atoms with Crippen molar-refractivity contribution in [3.05, 3.63) is 23.5 Å². The molecule has 0 fully saturated rings. The minimum Gasteiger partial charge on any atom is -0.505 e. The summed E-state index contributed by atoms with van der Waals surface area (Å²) < 4.78 is 39.0. The average Bonchev–Trinajstić information content (AvgIpc) is 2.22. The van der Waals surface area contributed by atoms with Crippen LogP contribution in [-0.4, -0.2) is 22.7 Å². The van der Waals surface area contributed by atoms with Gasteiger partial charge in [-0.3, -0.25) is 0 Å². The van der Waals surface area contributed by atoms with Crippen molar-refractivity contribution in [1.29, 1.82) is 0 Å². The maximum absolute atomic E-state index is 13.0. The number of hydrogen-bond donors (Lipinski definition) is 4. The molecule has 1 aromatic rings. The van der Waals surface area contributed by atoms with E-state index in [1.165, 1.54) is 0 Å². The van der Waals surface area contributed by atoms with Gasteiger partial charge in [0.2, 0.25) is 0 Å². The van der Waals surface area contributed by atoms with Gasteiger partial charge in [-0.15, -0.1) is 12.4 Å². The summed E-state index contributed by atoms with van der Waals surface area (Å²) in [6.45, 7) is -1.51. The van der Waals surface area contributed by atoms with Crippen molar-refractivity contribution in [2.75, 3.05) is 12.3 Å². The SMILES string of the molecule is Cl.Nc1cc(F)cc([C@H](N)C(F)(F)CO)c1O. The lowest BCUT2D eigenvalue weighted by Crippen LogP contribution is -2.36. The monoisotopic (exact) mass is 272 g/mol. The highest BCUT2D eigenvalue weighted by atomic mass is 35.5. The van der Waals surface area contributed by atoms with Crippen LogP contribution in [0.4, 0.5) is 18.9 Å². The molecule has 0 aromatic heterocycles. The van der Waals surface area contributed by atoms with E-state index >= 15 is 0 Å². The van der Waals surface area contributed by atoms with Crippen molar-refractivity contribution < 1.29 is 23.4 Å². The first-order valence-electron chi connectivity index (χ1n) is 4.31. The van der Waals surface area contributed by atoms with Gasteiger partial charge in [0.25, 0.3) is 5.92 Å². The molecule has 1 aromatic carbocycles. The van der Waals surface area contributed by atoms with E-state index in [1.54, 1.807) is 0 Å². The Morgan fingerprint density at radius 2 is 1.88 bits per heavy atom. The highest BCUT2D eigenvalue weighted by Gasteiger charge is 2.39. The second-order valence-corrected chi connectivity index (χ2v) is 3.33. The van der Waals surface area contributed by atoms with E-state index in [2.05, 4.69) is 0 Å². The number of phenolic OH excluding ortho intramolecular Hbond substituents is 1. The number of phenols is 1. The number of aliphatic hydroxyl groups is 1. The summed E-state index contributed by atoms with van der Waals surface area (Å²) in [5.41, 5.74) is 9.39. The van der Waals surface area contributed by atoms with Crippen LogP contribution in [0.3, 0.4) is 0 Å². The molecule has 0 aliphatic rings. The predicted molar refractivity (Wildman–Crippen MR) is 58.7 cm³/mol. The minimum atomic E-state index is -3.67. The summed E-state index contributed by atoms with van der Waals surface area (Å²) in [4.78, 5) is 0. The molecule has 0 heterocycles. The lowest BCUT2D eigenvalue weighted by Gasteiger charge is -2.22. The number of alkyl halides is 2. The van der Waals surface area contributed by atoms with Crippen LogP contribution in [0, 0.1) is 5.82 Å². The van der Waals surface area contributed by atoms with Crippen LogP contribution in [0.5, 0.6) is 5.75 Å². The topological polar surface area (TPSA) is 92.5 Å². The third-order valence-corrected chi connectivity index (χ3v) is 2.13. The van der Waals surface area contributed by atoms with Crippen LogP contribution in [0.1, 0.15) is 11.6 Å². The molecule has 0 saturated carbocycles. The fourth-order valence-corrected chi connectivity index (χ4v) is 1.21. The van der Waals surface area contributed by atoms with Crippen LogP contribution < -0.4 is 11.5 Å². The second-order valence-electron chi connectivity index (χ2n) is 3.33. The Kier molecular flexibility index (Phi) is 5.06. The minimum absolute atomic E-state index is 0. The molecule has 0 aliphatic heterocycles. The molecule has 98 valence electrons. The van der Waals surface area contributed by atoms with Crippen LogP contribution in [0.25, 0.3) is 0 Å². The Labute approximate surface area is 101 Å². The molecule has 0 spiro atoms. The summed E-state index contributed by atoms with van der Waals surface area (Å²) in [6, 6.07) is -0.599. The number of nitrogens with two attached hydrogens (primary N) is 2. The zero-order valence-corrected chi connectivity index (χ0v) is 9.35. The van der Waals surface area contributed by atoms with Crippen LogP contribution in [-0.2, 0) is 0 Å². The van der Waals surface area contributed by atoms with E-state index in [9.17, 15) is 18.3 Å². The lowest BCUT2D eigenvalue weighted by molar-refractivity contribution is -0.0716. The normalized spacial score (nSPS) is 13.0. The Morgan fingerprint density at radius 3 is 2.35 bits per heavy atom. The van der Waals surface area contributed by atoms with Crippen LogP contribution in [0.15, 0.2) is 12.1 Å². The molecule has 8 heteroatoms. The Hall–Kier alpha value is -1.18. The fourth-order valence-electron chi connectivity index (χ4n) is 1.21. The number of anilines is 1. The first-order chi connectivity index (χ1) is 7.29. The zero-order chi connectivity index (χ0) is 12.5. The van der Waals surface area contributed by atoms with Crippen molar-refractivity contribution in [2.45, 2.75) is 12.0 Å². The van der Waals surface area contributed by atoms with Gasteiger partial charge < -0.3 is 21.7 Å². The van der Waals surface area contributed by atoms with Gasteiger partial charge >= 0.3 is 0 Å². The molecule has 0 radical (unpaired) electrons. The van der Waals surface area contributed by atoms with E-state index < -0.39 is 35.7 Å². The van der Waals surface area contributed by atoms with Crippen molar-refractivity contribution in [1.82, 2.24) is 0 Å². The predicted octanol–water partition coefficient (Wildman–Crippen LogP) is 1.16. The standard InChI is InChI=1S/C9H11F3N2O2.ClH/c10-4-1-5(7(16)6(13)2-4)8(14)9(11,12)3-15;/h1-2,8,15-16H,3,13-14H2;1H/t8-;/m0./s1. The van der Waals surface area contributed by atoms with Gasteiger partial charge in [0, 0.05) is 11.6 Å². The molecule has 17 heavy (non-hydrogen) atoms. The molecule has 0 amide bonds. The number of nitrogen functional groups attached to an aromatic ring is 1. The van der Waals surface area contributed by atoms with Crippen molar-refractivity contribution in [2.24, 2.45) is 5.73 Å². The van der Waals surface area contributed by atoms with E-state index in [-0.39, 0.29) is 18.1 Å². The zero-order valence-electron chi connectivity index (χ0n) is 8.53. The maximum atomic E-state index is 13.0. The van der Waals surface area contributed by atoms with E-state index in [0.717, 1.165) is 6.07 Å². The molecule has 0 bridgehead atoms. The van der Waals surface area contributed by atoms with Gasteiger partial charge in [0.05, 0.1) is 5.69 Å². The summed E-state index contributed by atoms with van der Waals surface area (Å²) in [5.74, 6) is -5.27. The lowest BCUT2D eigenvalue weighted by atomic mass is 10.00. The third-order valence-electron chi connectivity index (χ3n) is 2.13. The van der Waals surface area contributed by atoms with E-state index in [4.69, 9.17) is 16.6 Å². The summed E-state index contributed by atoms with van der Waals surface area (Å²) >= 11 is 0. The van der Waals surface area contributed by atoms with Crippen LogP contribution in [0.2, 0.25) is 0 Å². The van der Waals surface area contributed by atoms with E-state index in [1.807, 2.05) is 0 Å². The average molecular weight is 273 g/mol. The first kappa shape index (κ1) is 15.8. The van der Waals surface area contributed by atoms with Gasteiger partial charge in [0.15, 0.2) is 0 Å². The Balaban J connectivity index is 0.00000256. The number of aromatic hydroxyl groups is 1. The molecule has 1 atom stereocenters. The van der Waals surface area contributed by atoms with Crippen molar-refractivity contribution in [3.8, 4) is 5.75 Å². The Bertz CT molecular complexity index is 404.